The van der Waals surface area contributed by atoms with Gasteiger partial charge in [-0.3, -0.25) is 0 Å². The smallest absolute Gasteiger partial charge is 0.407 e. The van der Waals surface area contributed by atoms with Crippen molar-refractivity contribution < 1.29 is 17.9 Å². The molecule has 0 bridgehead atoms. The molecule has 1 amide bonds. The summed E-state index contributed by atoms with van der Waals surface area (Å²) >= 11 is 0. The molecular weight excluding hydrogens is 496 g/mol. The number of nitrogens with one attached hydrogen (secondary N) is 1. The van der Waals surface area contributed by atoms with Gasteiger partial charge in [0.05, 0.1) is 10.4 Å². The molecule has 38 heavy (non-hydrogen) atoms. The SMILES string of the molecule is CC(C)(C)OC(=O)NCCc1cn(S(=O)(=O)c2ccccc2)c2ccc(-c3ccc4ccccc4c3)cc12. The first-order chi connectivity index (χ1) is 18.1. The minimum Gasteiger partial charge on any atom is -0.444 e. The van der Waals surface area contributed by atoms with Crippen LogP contribution in [0.2, 0.25) is 0 Å². The number of aromatic nitrogens is 1. The molecule has 0 saturated heterocycles. The Morgan fingerprint density at radius 2 is 1.50 bits per heavy atom. The fourth-order valence-corrected chi connectivity index (χ4v) is 5.94. The van der Waals surface area contributed by atoms with E-state index in [4.69, 9.17) is 4.74 Å². The zero-order chi connectivity index (χ0) is 26.9. The molecule has 0 fully saturated rings. The van der Waals surface area contributed by atoms with Gasteiger partial charge >= 0.3 is 6.09 Å². The summed E-state index contributed by atoms with van der Waals surface area (Å²) in [7, 11) is -3.81. The average molecular weight is 527 g/mol. The fourth-order valence-electron chi connectivity index (χ4n) is 4.53. The Labute approximate surface area is 222 Å². The standard InChI is InChI=1S/C31H30N2O4S/c1-31(2,3)37-30(34)32-18-17-26-21-33(38(35,36)27-11-5-4-6-12-27)29-16-15-25(20-28(26)29)24-14-13-22-9-7-8-10-23(22)19-24/h4-16,19-21H,17-18H2,1-3H3,(H,32,34). The summed E-state index contributed by atoms with van der Waals surface area (Å²) in [5.74, 6) is 0. The van der Waals surface area contributed by atoms with E-state index in [0.717, 1.165) is 32.8 Å². The van der Waals surface area contributed by atoms with E-state index < -0.39 is 21.7 Å². The largest absolute Gasteiger partial charge is 0.444 e. The third-order valence-corrected chi connectivity index (χ3v) is 7.99. The Kier molecular flexibility index (Phi) is 6.71. The Hall–Kier alpha value is -4.10. The number of carbonyl (C=O) groups is 1. The minimum atomic E-state index is -3.81. The number of hydrogen-bond donors (Lipinski definition) is 1. The van der Waals surface area contributed by atoms with Crippen LogP contribution >= 0.6 is 0 Å². The average Bonchev–Trinajstić information content (AvgIpc) is 3.26. The molecule has 1 heterocycles. The van der Waals surface area contributed by atoms with Gasteiger partial charge in [0.2, 0.25) is 0 Å². The van der Waals surface area contributed by atoms with Gasteiger partial charge in [0.1, 0.15) is 5.60 Å². The van der Waals surface area contributed by atoms with Crippen LogP contribution in [0.4, 0.5) is 4.79 Å². The van der Waals surface area contributed by atoms with Gasteiger partial charge in [0.25, 0.3) is 10.0 Å². The Balaban J connectivity index is 1.55. The van der Waals surface area contributed by atoms with Gasteiger partial charge in [0.15, 0.2) is 0 Å². The van der Waals surface area contributed by atoms with Crippen LogP contribution in [0.3, 0.4) is 0 Å². The van der Waals surface area contributed by atoms with E-state index in [0.29, 0.717) is 18.5 Å². The fraction of sp³-hybridized carbons (Fsp3) is 0.194. The van der Waals surface area contributed by atoms with Crippen LogP contribution in [0.1, 0.15) is 26.3 Å². The van der Waals surface area contributed by atoms with Crippen LogP contribution in [0.5, 0.6) is 0 Å². The maximum Gasteiger partial charge on any atom is 0.407 e. The van der Waals surface area contributed by atoms with Gasteiger partial charge in [-0.25, -0.2) is 17.2 Å². The van der Waals surface area contributed by atoms with Crippen molar-refractivity contribution in [3.05, 3.63) is 103 Å². The summed E-state index contributed by atoms with van der Waals surface area (Å²) in [5.41, 5.74) is 2.84. The van der Waals surface area contributed by atoms with E-state index in [9.17, 15) is 13.2 Å². The third-order valence-electron chi connectivity index (χ3n) is 6.30. The molecule has 1 N–H and O–H groups in total. The van der Waals surface area contributed by atoms with Crippen LogP contribution in [-0.2, 0) is 21.2 Å². The lowest BCUT2D eigenvalue weighted by Crippen LogP contribution is -2.33. The molecule has 0 aliphatic carbocycles. The number of benzene rings is 4. The highest BCUT2D eigenvalue weighted by Gasteiger charge is 2.22. The van der Waals surface area contributed by atoms with Crippen LogP contribution < -0.4 is 5.32 Å². The third kappa shape index (κ3) is 5.29. The highest BCUT2D eigenvalue weighted by Crippen LogP contribution is 2.32. The van der Waals surface area contributed by atoms with Gasteiger partial charge in [0, 0.05) is 18.1 Å². The van der Waals surface area contributed by atoms with E-state index >= 15 is 0 Å². The molecular formula is C31H30N2O4S. The maximum atomic E-state index is 13.6. The van der Waals surface area contributed by atoms with E-state index in [2.05, 4.69) is 35.6 Å². The lowest BCUT2D eigenvalue weighted by Gasteiger charge is -2.19. The lowest BCUT2D eigenvalue weighted by atomic mass is 9.99. The topological polar surface area (TPSA) is 77.4 Å². The number of rotatable bonds is 6. The van der Waals surface area contributed by atoms with Gasteiger partial charge < -0.3 is 10.1 Å². The van der Waals surface area contributed by atoms with Crippen molar-refractivity contribution in [2.45, 2.75) is 37.7 Å². The molecule has 0 radical (unpaired) electrons. The molecule has 0 unspecified atom stereocenters. The molecule has 0 atom stereocenters. The Morgan fingerprint density at radius 3 is 2.24 bits per heavy atom. The zero-order valence-electron chi connectivity index (χ0n) is 21.6. The van der Waals surface area contributed by atoms with Gasteiger partial charge in [-0.2, -0.15) is 0 Å². The number of hydrogen-bond acceptors (Lipinski definition) is 4. The number of amides is 1. The van der Waals surface area contributed by atoms with E-state index in [1.54, 1.807) is 36.5 Å². The lowest BCUT2D eigenvalue weighted by molar-refractivity contribution is 0.0528. The Morgan fingerprint density at radius 1 is 0.842 bits per heavy atom. The minimum absolute atomic E-state index is 0.217. The van der Waals surface area contributed by atoms with Crippen molar-refractivity contribution in [3.8, 4) is 11.1 Å². The van der Waals surface area contributed by atoms with Crippen molar-refractivity contribution in [3.63, 3.8) is 0 Å². The van der Waals surface area contributed by atoms with Crippen molar-refractivity contribution in [2.24, 2.45) is 0 Å². The van der Waals surface area contributed by atoms with Crippen molar-refractivity contribution >= 4 is 37.8 Å². The monoisotopic (exact) mass is 526 g/mol. The zero-order valence-corrected chi connectivity index (χ0v) is 22.5. The van der Waals surface area contributed by atoms with Gasteiger partial charge in [-0.05, 0) is 85.0 Å². The molecule has 5 rings (SSSR count). The summed E-state index contributed by atoms with van der Waals surface area (Å²) in [6, 6.07) is 28.7. The van der Waals surface area contributed by atoms with E-state index in [1.165, 1.54) is 3.97 Å². The molecule has 4 aromatic carbocycles. The first kappa shape index (κ1) is 25.5. The molecule has 6 nitrogen and oxygen atoms in total. The predicted octanol–water partition coefficient (Wildman–Crippen LogP) is 6.77. The van der Waals surface area contributed by atoms with Crippen molar-refractivity contribution in [1.82, 2.24) is 9.29 Å². The summed E-state index contributed by atoms with van der Waals surface area (Å²) in [6.07, 6.45) is 1.59. The second-order valence-electron chi connectivity index (χ2n) is 10.2. The number of fused-ring (bicyclic) bond motifs is 2. The molecule has 0 saturated carbocycles. The Bertz CT molecular complexity index is 1730. The molecule has 0 aliphatic rings. The molecule has 1 aromatic heterocycles. The molecule has 0 spiro atoms. The first-order valence-corrected chi connectivity index (χ1v) is 14.0. The molecule has 7 heteroatoms. The van der Waals surface area contributed by atoms with Crippen molar-refractivity contribution in [1.29, 1.82) is 0 Å². The highest BCUT2D eigenvalue weighted by atomic mass is 32.2. The van der Waals surface area contributed by atoms with E-state index in [-0.39, 0.29) is 4.90 Å². The van der Waals surface area contributed by atoms with Crippen LogP contribution in [0, 0.1) is 0 Å². The summed E-state index contributed by atoms with van der Waals surface area (Å²) in [4.78, 5) is 12.4. The summed E-state index contributed by atoms with van der Waals surface area (Å²) < 4.78 is 33.8. The second kappa shape index (κ2) is 9.99. The number of carbonyl (C=O) groups excluding carboxylic acids is 1. The second-order valence-corrected chi connectivity index (χ2v) is 12.1. The van der Waals surface area contributed by atoms with Gasteiger partial charge in [-0.1, -0.05) is 60.7 Å². The van der Waals surface area contributed by atoms with Crippen LogP contribution in [0.15, 0.2) is 102 Å². The molecule has 194 valence electrons. The van der Waals surface area contributed by atoms with Crippen LogP contribution in [-0.4, -0.2) is 30.6 Å². The first-order valence-electron chi connectivity index (χ1n) is 12.5. The quantitative estimate of drug-likeness (QED) is 0.265. The normalized spacial score (nSPS) is 12.1. The molecule has 5 aromatic rings. The van der Waals surface area contributed by atoms with Crippen LogP contribution in [0.25, 0.3) is 32.8 Å². The van der Waals surface area contributed by atoms with Crippen molar-refractivity contribution in [2.75, 3.05) is 6.54 Å². The number of ether oxygens (including phenoxy) is 1. The molecule has 0 aliphatic heterocycles. The maximum absolute atomic E-state index is 13.6. The summed E-state index contributed by atoms with van der Waals surface area (Å²) in [6.45, 7) is 5.73. The van der Waals surface area contributed by atoms with Gasteiger partial charge in [-0.15, -0.1) is 0 Å². The highest BCUT2D eigenvalue weighted by molar-refractivity contribution is 7.90. The number of alkyl carbamates (subject to hydrolysis) is 1. The number of nitrogens with zero attached hydrogens (tertiary/aromatic N) is 1. The predicted molar refractivity (Wildman–Crippen MR) is 152 cm³/mol. The van der Waals surface area contributed by atoms with E-state index in [1.807, 2.05) is 51.1 Å². The summed E-state index contributed by atoms with van der Waals surface area (Å²) in [5, 5.41) is 5.89.